The van der Waals surface area contributed by atoms with Crippen LogP contribution in [0.3, 0.4) is 0 Å². The van der Waals surface area contributed by atoms with E-state index in [2.05, 4.69) is 28.2 Å². The van der Waals surface area contributed by atoms with Crippen molar-refractivity contribution >= 4 is 17.4 Å². The summed E-state index contributed by atoms with van der Waals surface area (Å²) in [7, 11) is 0. The number of hydrogen-bond acceptors (Lipinski definition) is 5. The molecule has 0 aliphatic carbocycles. The second-order valence-corrected chi connectivity index (χ2v) is 7.71. The highest BCUT2D eigenvalue weighted by atomic mass is 16.5. The van der Waals surface area contributed by atoms with Crippen molar-refractivity contribution in [1.82, 2.24) is 4.98 Å². The smallest absolute Gasteiger partial charge is 0.255 e. The highest BCUT2D eigenvalue weighted by Gasteiger charge is 2.18. The Hall–Kier alpha value is -3.69. The minimum atomic E-state index is -0.190. The van der Waals surface area contributed by atoms with Gasteiger partial charge in [-0.1, -0.05) is 18.2 Å². The molecule has 6 heteroatoms. The van der Waals surface area contributed by atoms with Crippen LogP contribution in [0.25, 0.3) is 11.1 Å². The maximum atomic E-state index is 12.8. The summed E-state index contributed by atoms with van der Waals surface area (Å²) in [5, 5.41) is 11.9. The van der Waals surface area contributed by atoms with Crippen molar-refractivity contribution in [3.05, 3.63) is 77.5 Å². The van der Waals surface area contributed by atoms with Crippen LogP contribution in [0.5, 0.6) is 0 Å². The molecule has 0 radical (unpaired) electrons. The van der Waals surface area contributed by atoms with Crippen molar-refractivity contribution in [2.75, 3.05) is 29.9 Å². The Balaban J connectivity index is 1.49. The Morgan fingerprint density at radius 2 is 2.00 bits per heavy atom. The zero-order valence-electron chi connectivity index (χ0n) is 17.6. The highest BCUT2D eigenvalue weighted by molar-refractivity contribution is 6.05. The summed E-state index contributed by atoms with van der Waals surface area (Å²) in [4.78, 5) is 19.5. The van der Waals surface area contributed by atoms with E-state index in [9.17, 15) is 4.79 Å². The van der Waals surface area contributed by atoms with Gasteiger partial charge in [-0.05, 0) is 66.9 Å². The van der Waals surface area contributed by atoms with Gasteiger partial charge in [0, 0.05) is 18.7 Å². The van der Waals surface area contributed by atoms with Crippen LogP contribution < -0.4 is 10.2 Å². The maximum absolute atomic E-state index is 12.8. The molecule has 1 aromatic heterocycles. The largest absolute Gasteiger partial charge is 0.375 e. The molecule has 6 nitrogen and oxygen atoms in total. The molecule has 2 heterocycles. The summed E-state index contributed by atoms with van der Waals surface area (Å²) in [6, 6.07) is 18.9. The molecule has 1 aliphatic rings. The zero-order chi connectivity index (χ0) is 21.8. The third-order valence-electron chi connectivity index (χ3n) is 5.40. The van der Waals surface area contributed by atoms with Crippen molar-refractivity contribution in [3.8, 4) is 17.2 Å². The summed E-state index contributed by atoms with van der Waals surface area (Å²) in [6.07, 6.45) is 1.87. The van der Waals surface area contributed by atoms with Gasteiger partial charge in [0.25, 0.3) is 5.91 Å². The van der Waals surface area contributed by atoms with Gasteiger partial charge in [-0.25, -0.2) is 4.98 Å². The number of aromatic nitrogens is 1. The molecule has 1 amide bonds. The van der Waals surface area contributed by atoms with E-state index >= 15 is 0 Å². The molecular weight excluding hydrogens is 388 g/mol. The number of carbonyl (C=O) groups is 1. The SMILES string of the molecule is Cc1ccc(C(=O)Nc2ccc(N3CCOC(C)C3)nc2)cc1-c1ccc(C#N)cc1. The van der Waals surface area contributed by atoms with Gasteiger partial charge >= 0.3 is 0 Å². The summed E-state index contributed by atoms with van der Waals surface area (Å²) in [5.74, 6) is 0.691. The van der Waals surface area contributed by atoms with Crippen molar-refractivity contribution < 1.29 is 9.53 Å². The Labute approximate surface area is 182 Å². The third-order valence-corrected chi connectivity index (χ3v) is 5.40. The normalized spacial score (nSPS) is 15.9. The number of nitrogens with zero attached hydrogens (tertiary/aromatic N) is 3. The average molecular weight is 412 g/mol. The minimum Gasteiger partial charge on any atom is -0.375 e. The summed E-state index contributed by atoms with van der Waals surface area (Å²) < 4.78 is 5.58. The van der Waals surface area contributed by atoms with E-state index in [0.717, 1.165) is 35.6 Å². The number of nitrogens with one attached hydrogen (secondary N) is 1. The highest BCUT2D eigenvalue weighted by Crippen LogP contribution is 2.26. The lowest BCUT2D eigenvalue weighted by Gasteiger charge is -2.32. The standard InChI is InChI=1S/C25H24N4O2/c1-17-3-6-21(13-23(17)20-7-4-19(14-26)5-8-20)25(30)28-22-9-10-24(27-15-22)29-11-12-31-18(2)16-29/h3-10,13,15,18H,11-12,16H2,1-2H3,(H,28,30). The molecule has 1 N–H and O–H groups in total. The lowest BCUT2D eigenvalue weighted by Crippen LogP contribution is -2.41. The van der Waals surface area contributed by atoms with Crippen LogP contribution in [0.1, 0.15) is 28.4 Å². The monoisotopic (exact) mass is 412 g/mol. The molecule has 1 saturated heterocycles. The number of ether oxygens (including phenoxy) is 1. The first-order chi connectivity index (χ1) is 15.0. The number of aryl methyl sites for hydroxylation is 1. The van der Waals surface area contributed by atoms with Crippen LogP contribution in [-0.4, -0.2) is 36.7 Å². The van der Waals surface area contributed by atoms with Crippen LogP contribution in [0.2, 0.25) is 0 Å². The van der Waals surface area contributed by atoms with Crippen molar-refractivity contribution in [3.63, 3.8) is 0 Å². The number of carbonyl (C=O) groups excluding carboxylic acids is 1. The van der Waals surface area contributed by atoms with Crippen LogP contribution >= 0.6 is 0 Å². The number of anilines is 2. The molecule has 2 aromatic carbocycles. The number of hydrogen-bond donors (Lipinski definition) is 1. The molecule has 1 aliphatic heterocycles. The fourth-order valence-corrected chi connectivity index (χ4v) is 3.68. The number of morpholine rings is 1. The van der Waals surface area contributed by atoms with Gasteiger partial charge in [-0.3, -0.25) is 4.79 Å². The van der Waals surface area contributed by atoms with Gasteiger partial charge in [0.15, 0.2) is 0 Å². The fourth-order valence-electron chi connectivity index (χ4n) is 3.68. The Kier molecular flexibility index (Phi) is 5.96. The lowest BCUT2D eigenvalue weighted by molar-refractivity contribution is 0.0529. The van der Waals surface area contributed by atoms with Gasteiger partial charge < -0.3 is 15.0 Å². The number of amides is 1. The van der Waals surface area contributed by atoms with Crippen molar-refractivity contribution in [2.24, 2.45) is 0 Å². The number of pyridine rings is 1. The predicted molar refractivity (Wildman–Crippen MR) is 121 cm³/mol. The van der Waals surface area contributed by atoms with E-state index in [1.807, 2.05) is 49.4 Å². The Bertz CT molecular complexity index is 1120. The number of nitriles is 1. The molecule has 1 atom stereocenters. The van der Waals surface area contributed by atoms with Gasteiger partial charge in [-0.2, -0.15) is 5.26 Å². The van der Waals surface area contributed by atoms with E-state index < -0.39 is 0 Å². The molecule has 0 saturated carbocycles. The molecule has 4 rings (SSSR count). The average Bonchev–Trinajstić information content (AvgIpc) is 2.80. The lowest BCUT2D eigenvalue weighted by atomic mass is 9.97. The van der Waals surface area contributed by atoms with Crippen molar-refractivity contribution in [1.29, 1.82) is 5.26 Å². The van der Waals surface area contributed by atoms with Crippen LogP contribution in [0, 0.1) is 18.3 Å². The quantitative estimate of drug-likeness (QED) is 0.687. The minimum absolute atomic E-state index is 0.182. The second kappa shape index (κ2) is 8.99. The second-order valence-electron chi connectivity index (χ2n) is 7.71. The van der Waals surface area contributed by atoms with E-state index in [0.29, 0.717) is 23.4 Å². The van der Waals surface area contributed by atoms with Gasteiger partial charge in [0.1, 0.15) is 5.82 Å². The molecule has 156 valence electrons. The van der Waals surface area contributed by atoms with E-state index in [4.69, 9.17) is 10.00 Å². The zero-order valence-corrected chi connectivity index (χ0v) is 17.6. The maximum Gasteiger partial charge on any atom is 0.255 e. The predicted octanol–water partition coefficient (Wildman–Crippen LogP) is 4.41. The molecule has 1 unspecified atom stereocenters. The fraction of sp³-hybridized carbons (Fsp3) is 0.240. The molecule has 0 bridgehead atoms. The molecule has 31 heavy (non-hydrogen) atoms. The van der Waals surface area contributed by atoms with Gasteiger partial charge in [0.05, 0.1) is 36.2 Å². The third kappa shape index (κ3) is 4.73. The van der Waals surface area contributed by atoms with E-state index in [1.165, 1.54) is 0 Å². The summed E-state index contributed by atoms with van der Waals surface area (Å²) >= 11 is 0. The Morgan fingerprint density at radius 3 is 2.68 bits per heavy atom. The molecule has 0 spiro atoms. The summed E-state index contributed by atoms with van der Waals surface area (Å²) in [6.45, 7) is 6.36. The van der Waals surface area contributed by atoms with Crippen LogP contribution in [-0.2, 0) is 4.74 Å². The topological polar surface area (TPSA) is 78.2 Å². The first-order valence-electron chi connectivity index (χ1n) is 10.3. The Morgan fingerprint density at radius 1 is 1.19 bits per heavy atom. The van der Waals surface area contributed by atoms with Gasteiger partial charge in [-0.15, -0.1) is 0 Å². The number of benzene rings is 2. The summed E-state index contributed by atoms with van der Waals surface area (Å²) in [5.41, 5.74) is 4.82. The van der Waals surface area contributed by atoms with Crippen LogP contribution in [0.4, 0.5) is 11.5 Å². The van der Waals surface area contributed by atoms with Crippen molar-refractivity contribution in [2.45, 2.75) is 20.0 Å². The first-order valence-corrected chi connectivity index (χ1v) is 10.3. The molecule has 3 aromatic rings. The molecular formula is C25H24N4O2. The first kappa shape index (κ1) is 20.6. The van der Waals surface area contributed by atoms with Crippen LogP contribution in [0.15, 0.2) is 60.8 Å². The molecule has 1 fully saturated rings. The number of rotatable bonds is 4. The van der Waals surface area contributed by atoms with E-state index in [1.54, 1.807) is 18.3 Å². The van der Waals surface area contributed by atoms with E-state index in [-0.39, 0.29) is 12.0 Å². The van der Waals surface area contributed by atoms with Gasteiger partial charge in [0.2, 0.25) is 0 Å².